The van der Waals surface area contributed by atoms with Crippen molar-refractivity contribution in [3.8, 4) is 0 Å². The van der Waals surface area contributed by atoms with Gasteiger partial charge in [0.2, 0.25) is 0 Å². The molecular weight excluding hydrogens is 624 g/mol. The molecule has 6 heteroatoms. The van der Waals surface area contributed by atoms with Crippen molar-refractivity contribution in [3.63, 3.8) is 0 Å². The molecule has 0 saturated heterocycles. The van der Waals surface area contributed by atoms with Gasteiger partial charge in [0.15, 0.2) is 0 Å². The van der Waals surface area contributed by atoms with Gasteiger partial charge in [-0.3, -0.25) is 0 Å². The molecular formula is C29H32FHgN4. The second kappa shape index (κ2) is 12.0. The molecule has 0 bridgehead atoms. The van der Waals surface area contributed by atoms with Crippen LogP contribution in [0, 0.1) is 11.7 Å². The number of aliphatic imine (C=N–C) groups is 1. The number of hydrogen-bond acceptors (Lipinski definition) is 3. The van der Waals surface area contributed by atoms with Gasteiger partial charge in [0, 0.05) is 0 Å². The first kappa shape index (κ1) is 25.6. The average Bonchev–Trinajstić information content (AvgIpc) is 2.85. The van der Waals surface area contributed by atoms with E-state index < -0.39 is 0 Å². The molecule has 0 fully saturated rings. The number of anilines is 1. The molecule has 3 N–H and O–H groups in total. The first-order chi connectivity index (χ1) is 16.9. The number of amidine groups is 1. The molecule has 177 valence electrons. The molecule has 0 radical (unpaired) electrons. The van der Waals surface area contributed by atoms with Crippen LogP contribution >= 0.6 is 0 Å². The van der Waals surface area contributed by atoms with E-state index in [1.165, 1.54) is 22.4 Å². The molecule has 2 unspecified atom stereocenters. The molecule has 2 aromatic rings. The van der Waals surface area contributed by atoms with Crippen LogP contribution < -0.4 is 11.1 Å². The molecule has 2 aromatic carbocycles. The number of nitrogen functional groups attached to an aromatic ring is 1. The molecule has 0 spiro atoms. The summed E-state index contributed by atoms with van der Waals surface area (Å²) in [7, 11) is 0. The quantitative estimate of drug-likeness (QED) is 0.171. The van der Waals surface area contributed by atoms with Crippen molar-refractivity contribution in [2.75, 3.05) is 18.8 Å². The molecule has 1 aliphatic carbocycles. The summed E-state index contributed by atoms with van der Waals surface area (Å²) in [5.74, 6) is 0.355. The minimum atomic E-state index is -0.352. The maximum atomic E-state index is 14.1. The fourth-order valence-corrected chi connectivity index (χ4v) is 6.16. The second-order valence-electron chi connectivity index (χ2n) is 9.32. The van der Waals surface area contributed by atoms with Crippen molar-refractivity contribution in [1.29, 1.82) is 0 Å². The third-order valence-electron chi connectivity index (χ3n) is 6.63. The van der Waals surface area contributed by atoms with E-state index in [-0.39, 0.29) is 17.4 Å². The SMILES string of the molecule is C=CN=[C]([Hg])NC1=C(C(C2=CCC(C)C=C2)c2ccccc2)CN(Cc2ccc(N)c(F)c2)CC1. The summed E-state index contributed by atoms with van der Waals surface area (Å²) in [6.07, 6.45) is 10.6. The Balaban J connectivity index is 1.73. The Morgan fingerprint density at radius 2 is 2.11 bits per heavy atom. The third kappa shape index (κ3) is 6.59. The van der Waals surface area contributed by atoms with E-state index in [0.29, 0.717) is 38.6 Å². The average molecular weight is 656 g/mol. The molecule has 2 aliphatic rings. The number of hydrogen-bond donors (Lipinski definition) is 2. The molecule has 4 nitrogen and oxygen atoms in total. The fourth-order valence-electron chi connectivity index (χ4n) is 4.83. The number of rotatable bonds is 7. The van der Waals surface area contributed by atoms with Crippen LogP contribution in [0.25, 0.3) is 0 Å². The second-order valence-corrected chi connectivity index (χ2v) is 11.9. The van der Waals surface area contributed by atoms with Crippen molar-refractivity contribution in [2.45, 2.75) is 32.2 Å². The van der Waals surface area contributed by atoms with Crippen molar-refractivity contribution in [3.05, 3.63) is 113 Å². The Morgan fingerprint density at radius 1 is 1.31 bits per heavy atom. The van der Waals surface area contributed by atoms with Gasteiger partial charge in [-0.05, 0) is 0 Å². The molecule has 4 rings (SSSR count). The van der Waals surface area contributed by atoms with Crippen molar-refractivity contribution >= 4 is 9.03 Å². The first-order valence-corrected chi connectivity index (χ1v) is 14.9. The Kier molecular flexibility index (Phi) is 8.74. The van der Waals surface area contributed by atoms with Gasteiger partial charge in [0.1, 0.15) is 0 Å². The van der Waals surface area contributed by atoms with E-state index >= 15 is 0 Å². The monoisotopic (exact) mass is 657 g/mol. The number of benzene rings is 2. The van der Waals surface area contributed by atoms with Gasteiger partial charge in [0.25, 0.3) is 0 Å². The Bertz CT molecular complexity index is 1180. The summed E-state index contributed by atoms with van der Waals surface area (Å²) >= 11 is 0.344. The molecule has 1 heterocycles. The number of nitrogens with zero attached hydrogens (tertiary/aromatic N) is 2. The van der Waals surface area contributed by atoms with Gasteiger partial charge in [-0.25, -0.2) is 0 Å². The van der Waals surface area contributed by atoms with Crippen LogP contribution in [0.5, 0.6) is 0 Å². The van der Waals surface area contributed by atoms with Crippen LogP contribution in [0.15, 0.2) is 101 Å². The van der Waals surface area contributed by atoms with Crippen molar-refractivity contribution in [1.82, 2.24) is 10.2 Å². The van der Waals surface area contributed by atoms with Crippen LogP contribution in [0.2, 0.25) is 0 Å². The third-order valence-corrected chi connectivity index (χ3v) is 8.03. The molecule has 35 heavy (non-hydrogen) atoms. The summed E-state index contributed by atoms with van der Waals surface area (Å²) in [6, 6.07) is 15.9. The Hall–Kier alpha value is -2.50. The van der Waals surface area contributed by atoms with Gasteiger partial charge in [-0.2, -0.15) is 0 Å². The minimum absolute atomic E-state index is 0.151. The van der Waals surface area contributed by atoms with E-state index in [1.54, 1.807) is 18.3 Å². The maximum absolute atomic E-state index is 14.1. The van der Waals surface area contributed by atoms with Gasteiger partial charge in [-0.15, -0.1) is 0 Å². The predicted octanol–water partition coefficient (Wildman–Crippen LogP) is 5.81. The Labute approximate surface area is 224 Å². The molecule has 0 aromatic heterocycles. The summed E-state index contributed by atoms with van der Waals surface area (Å²) in [5, 5.41) is 3.66. The van der Waals surface area contributed by atoms with Gasteiger partial charge >= 0.3 is 225 Å². The molecule has 1 aliphatic heterocycles. The topological polar surface area (TPSA) is 53.7 Å². The van der Waals surface area contributed by atoms with Crippen LogP contribution in [-0.4, -0.2) is 21.3 Å². The van der Waals surface area contributed by atoms with E-state index in [0.717, 1.165) is 34.8 Å². The molecule has 0 amide bonds. The zero-order valence-corrected chi connectivity index (χ0v) is 25.9. The van der Waals surface area contributed by atoms with E-state index in [1.807, 2.05) is 6.07 Å². The zero-order chi connectivity index (χ0) is 24.8. The zero-order valence-electron chi connectivity index (χ0n) is 20.4. The van der Waals surface area contributed by atoms with Crippen LogP contribution in [0.4, 0.5) is 10.1 Å². The standard InChI is InChI=1S/C29H32FN4.Hg/c1-3-32-20-33-28-15-16-34(18-22-11-14-27(31)26(30)17-22)19-25(28)29(23-7-5-4-6-8-23)24-12-9-21(2)10-13-24;/h3-9,11-14,17,21,29H,1,10,15-16,18-19,31H2,2H3,(H,32,33);. The fraction of sp³-hybridized carbons (Fsp3) is 0.276. The number of halogens is 1. The predicted molar refractivity (Wildman–Crippen MR) is 139 cm³/mol. The van der Waals surface area contributed by atoms with Crippen molar-refractivity contribution < 1.29 is 30.5 Å². The molecule has 0 saturated carbocycles. The van der Waals surface area contributed by atoms with Gasteiger partial charge in [0.05, 0.1) is 0 Å². The first-order valence-electron chi connectivity index (χ1n) is 12.1. The summed E-state index contributed by atoms with van der Waals surface area (Å²) < 4.78 is 15.1. The van der Waals surface area contributed by atoms with E-state index in [4.69, 9.17) is 5.73 Å². The summed E-state index contributed by atoms with van der Waals surface area (Å²) in [5.41, 5.74) is 12.1. The number of allylic oxidation sites excluding steroid dienone is 4. The van der Waals surface area contributed by atoms with Crippen LogP contribution in [0.1, 0.15) is 36.8 Å². The van der Waals surface area contributed by atoms with Crippen molar-refractivity contribution in [2.24, 2.45) is 10.9 Å². The summed E-state index contributed by atoms with van der Waals surface area (Å²) in [6.45, 7) is 8.39. The number of nitrogens with one attached hydrogen (secondary N) is 1. The van der Waals surface area contributed by atoms with Gasteiger partial charge in [-0.1, -0.05) is 0 Å². The summed E-state index contributed by atoms with van der Waals surface area (Å²) in [4.78, 5) is 6.84. The van der Waals surface area contributed by atoms with Crippen LogP contribution in [-0.2, 0) is 32.7 Å². The van der Waals surface area contributed by atoms with E-state index in [2.05, 4.69) is 77.3 Å². The Morgan fingerprint density at radius 3 is 2.80 bits per heavy atom. The number of nitrogens with two attached hydrogens (primary N) is 1. The normalized spacial score (nSPS) is 19.9. The van der Waals surface area contributed by atoms with E-state index in [9.17, 15) is 4.39 Å². The van der Waals surface area contributed by atoms with Gasteiger partial charge < -0.3 is 0 Å². The van der Waals surface area contributed by atoms with Crippen LogP contribution in [0.3, 0.4) is 0 Å². The molecule has 2 atom stereocenters.